The molecule has 0 heterocycles. The molecule has 4 nitrogen and oxygen atoms in total. The Kier molecular flexibility index (Phi) is 5.01. The summed E-state index contributed by atoms with van der Waals surface area (Å²) in [7, 11) is 0. The molecule has 5 N–H and O–H groups in total. The molecular weight excluding hydrogens is 229 g/mol. The van der Waals surface area contributed by atoms with Crippen molar-refractivity contribution < 1.29 is 15.3 Å². The van der Waals surface area contributed by atoms with Crippen LogP contribution in [0.25, 0.3) is 0 Å². The highest BCUT2D eigenvalue weighted by Crippen LogP contribution is 2.35. The molecule has 0 spiro atoms. The van der Waals surface area contributed by atoms with E-state index in [9.17, 15) is 5.11 Å². The summed E-state index contributed by atoms with van der Waals surface area (Å²) < 4.78 is 0. The number of benzene rings is 1. The lowest BCUT2D eigenvalue weighted by atomic mass is 10.1. The second kappa shape index (κ2) is 5.26. The Labute approximate surface area is 92.3 Å². The molecule has 14 heavy (non-hydrogen) atoms. The average molecular weight is 240 g/mol. The molecule has 0 aliphatic rings. The molecule has 80 valence electrons. The number of phenolic OH excluding ortho intramolecular Hbond substituents is 2. The van der Waals surface area contributed by atoms with Gasteiger partial charge in [0, 0.05) is 6.54 Å². The Bertz CT molecular complexity index is 296. The summed E-state index contributed by atoms with van der Waals surface area (Å²) in [6.07, 6.45) is -0.885. The minimum Gasteiger partial charge on any atom is -0.504 e. The smallest absolute Gasteiger partial charge is 0.176 e. The van der Waals surface area contributed by atoms with Gasteiger partial charge >= 0.3 is 0 Å². The summed E-state index contributed by atoms with van der Waals surface area (Å²) >= 11 is 5.56. The van der Waals surface area contributed by atoms with E-state index in [-0.39, 0.29) is 29.7 Å². The third-order valence-electron chi connectivity index (χ3n) is 1.67. The minimum absolute atomic E-state index is 0. The topological polar surface area (TPSA) is 86.7 Å². The van der Waals surface area contributed by atoms with Crippen LogP contribution in [0, 0.1) is 0 Å². The van der Waals surface area contributed by atoms with Gasteiger partial charge in [0.2, 0.25) is 0 Å². The molecule has 0 fully saturated rings. The number of halogens is 2. The Balaban J connectivity index is 0.00000169. The van der Waals surface area contributed by atoms with Crippen molar-refractivity contribution in [1.82, 2.24) is 0 Å². The van der Waals surface area contributed by atoms with Gasteiger partial charge in [0.05, 0.1) is 11.1 Å². The van der Waals surface area contributed by atoms with Gasteiger partial charge in [0.1, 0.15) is 0 Å². The van der Waals surface area contributed by atoms with E-state index in [0.29, 0.717) is 5.56 Å². The largest absolute Gasteiger partial charge is 0.504 e. The van der Waals surface area contributed by atoms with E-state index >= 15 is 0 Å². The van der Waals surface area contributed by atoms with E-state index in [1.807, 2.05) is 0 Å². The molecule has 0 unspecified atom stereocenters. The molecule has 0 bridgehead atoms. The van der Waals surface area contributed by atoms with E-state index in [1.54, 1.807) is 0 Å². The van der Waals surface area contributed by atoms with Crippen molar-refractivity contribution in [1.29, 1.82) is 0 Å². The van der Waals surface area contributed by atoms with Crippen molar-refractivity contribution >= 4 is 24.0 Å². The van der Waals surface area contributed by atoms with Gasteiger partial charge in [-0.05, 0) is 17.7 Å². The summed E-state index contributed by atoms with van der Waals surface area (Å²) in [5.74, 6) is -0.760. The first-order valence-electron chi connectivity index (χ1n) is 3.65. The Morgan fingerprint density at radius 2 is 1.93 bits per heavy atom. The summed E-state index contributed by atoms with van der Waals surface area (Å²) in [5, 5.41) is 27.5. The number of aromatic hydroxyl groups is 2. The normalized spacial score (nSPS) is 11.9. The third-order valence-corrected chi connectivity index (χ3v) is 1.96. The predicted octanol–water partition coefficient (Wildman–Crippen LogP) is 1.17. The third kappa shape index (κ3) is 2.65. The lowest BCUT2D eigenvalue weighted by Gasteiger charge is -2.09. The Morgan fingerprint density at radius 1 is 1.36 bits per heavy atom. The Hall–Kier alpha value is -0.680. The zero-order chi connectivity index (χ0) is 10.0. The van der Waals surface area contributed by atoms with Crippen LogP contribution in [-0.4, -0.2) is 21.9 Å². The number of nitrogens with two attached hydrogens (primary N) is 1. The Morgan fingerprint density at radius 3 is 2.36 bits per heavy atom. The van der Waals surface area contributed by atoms with Crippen LogP contribution in [0.5, 0.6) is 11.5 Å². The van der Waals surface area contributed by atoms with Gasteiger partial charge in [-0.1, -0.05) is 11.6 Å². The van der Waals surface area contributed by atoms with Crippen molar-refractivity contribution in [3.63, 3.8) is 0 Å². The van der Waals surface area contributed by atoms with Gasteiger partial charge in [-0.25, -0.2) is 0 Å². The van der Waals surface area contributed by atoms with Gasteiger partial charge in [0.15, 0.2) is 11.5 Å². The first-order valence-corrected chi connectivity index (χ1v) is 4.03. The van der Waals surface area contributed by atoms with Gasteiger partial charge < -0.3 is 21.1 Å². The van der Waals surface area contributed by atoms with Crippen LogP contribution in [0.3, 0.4) is 0 Å². The van der Waals surface area contributed by atoms with Crippen LogP contribution < -0.4 is 5.73 Å². The highest BCUT2D eigenvalue weighted by atomic mass is 35.5. The molecule has 0 aliphatic heterocycles. The second-order valence-corrected chi connectivity index (χ2v) is 3.03. The molecule has 1 rings (SSSR count). The number of hydrogen-bond acceptors (Lipinski definition) is 4. The van der Waals surface area contributed by atoms with Crippen molar-refractivity contribution in [3.8, 4) is 11.5 Å². The van der Waals surface area contributed by atoms with Crippen molar-refractivity contribution in [2.24, 2.45) is 5.73 Å². The fourth-order valence-electron chi connectivity index (χ4n) is 0.933. The maximum Gasteiger partial charge on any atom is 0.176 e. The summed E-state index contributed by atoms with van der Waals surface area (Å²) in [4.78, 5) is 0. The molecule has 0 amide bonds. The summed E-state index contributed by atoms with van der Waals surface area (Å²) in [6, 6.07) is 2.58. The van der Waals surface area contributed by atoms with Gasteiger partial charge in [-0.2, -0.15) is 0 Å². The number of aliphatic hydroxyl groups is 1. The number of aliphatic hydroxyl groups excluding tert-OH is 1. The van der Waals surface area contributed by atoms with Crippen molar-refractivity contribution in [2.45, 2.75) is 6.10 Å². The molecule has 0 aliphatic carbocycles. The van der Waals surface area contributed by atoms with Crippen LogP contribution in [0.2, 0.25) is 5.02 Å². The summed E-state index contributed by atoms with van der Waals surface area (Å²) in [5.41, 5.74) is 5.58. The second-order valence-electron chi connectivity index (χ2n) is 2.62. The van der Waals surface area contributed by atoms with Gasteiger partial charge in [-0.3, -0.25) is 0 Å². The average Bonchev–Trinajstić information content (AvgIpc) is 2.12. The van der Waals surface area contributed by atoms with Crippen LogP contribution >= 0.6 is 24.0 Å². The molecule has 1 aromatic carbocycles. The molecular formula is C8H11Cl2NO3. The number of hydrogen-bond donors (Lipinski definition) is 4. The lowest BCUT2D eigenvalue weighted by molar-refractivity contribution is 0.186. The quantitative estimate of drug-likeness (QED) is 0.584. The molecule has 0 saturated heterocycles. The monoisotopic (exact) mass is 239 g/mol. The van der Waals surface area contributed by atoms with Crippen LogP contribution in [0.1, 0.15) is 11.7 Å². The zero-order valence-electron chi connectivity index (χ0n) is 7.14. The van der Waals surface area contributed by atoms with E-state index in [1.165, 1.54) is 12.1 Å². The molecule has 1 atom stereocenters. The molecule has 0 aromatic heterocycles. The molecule has 0 radical (unpaired) electrons. The fraction of sp³-hybridized carbons (Fsp3) is 0.250. The van der Waals surface area contributed by atoms with Gasteiger partial charge in [0.25, 0.3) is 0 Å². The summed E-state index contributed by atoms with van der Waals surface area (Å²) in [6.45, 7) is 0.0283. The van der Waals surface area contributed by atoms with E-state index < -0.39 is 11.9 Å². The number of rotatable bonds is 2. The SMILES string of the molecule is Cl.NC[C@H](O)c1cc(O)c(O)c(Cl)c1. The van der Waals surface area contributed by atoms with Gasteiger partial charge in [-0.15, -0.1) is 12.4 Å². The first-order chi connectivity index (χ1) is 6.06. The molecule has 1 aromatic rings. The van der Waals surface area contributed by atoms with Crippen LogP contribution in [0.15, 0.2) is 12.1 Å². The van der Waals surface area contributed by atoms with Crippen molar-refractivity contribution in [2.75, 3.05) is 6.54 Å². The minimum atomic E-state index is -0.885. The zero-order valence-corrected chi connectivity index (χ0v) is 8.72. The van der Waals surface area contributed by atoms with E-state index in [0.717, 1.165) is 0 Å². The molecule has 6 heteroatoms. The number of phenols is 2. The highest BCUT2D eigenvalue weighted by Gasteiger charge is 2.11. The standard InChI is InChI=1S/C8H10ClNO3.ClH/c9-5-1-4(7(12)3-10)2-6(11)8(5)13;/h1-2,7,11-13H,3,10H2;1H/t7-;/m0./s1. The first kappa shape index (κ1) is 13.3. The molecule has 0 saturated carbocycles. The lowest BCUT2D eigenvalue weighted by Crippen LogP contribution is -2.11. The highest BCUT2D eigenvalue weighted by molar-refractivity contribution is 6.32. The van der Waals surface area contributed by atoms with Crippen molar-refractivity contribution in [3.05, 3.63) is 22.7 Å². The van der Waals surface area contributed by atoms with Crippen LogP contribution in [-0.2, 0) is 0 Å². The predicted molar refractivity (Wildman–Crippen MR) is 56.0 cm³/mol. The van der Waals surface area contributed by atoms with E-state index in [4.69, 9.17) is 27.5 Å². The maximum atomic E-state index is 9.29. The van der Waals surface area contributed by atoms with Crippen LogP contribution in [0.4, 0.5) is 0 Å². The maximum absolute atomic E-state index is 9.29. The fourth-order valence-corrected chi connectivity index (χ4v) is 1.16. The van der Waals surface area contributed by atoms with E-state index in [2.05, 4.69) is 0 Å².